The minimum Gasteiger partial charge on any atom is -0.375 e. The van der Waals surface area contributed by atoms with Crippen molar-refractivity contribution in [2.24, 2.45) is 5.92 Å². The maximum Gasteiger partial charge on any atom is 0.254 e. The highest BCUT2D eigenvalue weighted by atomic mass is 19.1. The summed E-state index contributed by atoms with van der Waals surface area (Å²) in [5, 5.41) is 0. The predicted molar refractivity (Wildman–Crippen MR) is 77.8 cm³/mol. The first-order valence-corrected chi connectivity index (χ1v) is 7.40. The van der Waals surface area contributed by atoms with Crippen molar-refractivity contribution in [2.45, 2.75) is 13.0 Å². The molecule has 1 amide bonds. The van der Waals surface area contributed by atoms with Gasteiger partial charge in [0.2, 0.25) is 0 Å². The Morgan fingerprint density at radius 3 is 2.90 bits per heavy atom. The summed E-state index contributed by atoms with van der Waals surface area (Å²) in [4.78, 5) is 16.7. The minimum absolute atomic E-state index is 0.0215. The molecule has 0 saturated carbocycles. The van der Waals surface area contributed by atoms with E-state index in [0.29, 0.717) is 30.1 Å². The Morgan fingerprint density at radius 2 is 2.14 bits per heavy atom. The van der Waals surface area contributed by atoms with Crippen LogP contribution < -0.4 is 0 Å². The van der Waals surface area contributed by atoms with Crippen molar-refractivity contribution in [3.8, 4) is 0 Å². The minimum atomic E-state index is -0.305. The van der Waals surface area contributed by atoms with E-state index in [1.165, 1.54) is 12.1 Å². The van der Waals surface area contributed by atoms with Crippen LogP contribution in [0.5, 0.6) is 0 Å². The molecule has 0 spiro atoms. The first-order valence-electron chi connectivity index (χ1n) is 7.40. The highest BCUT2D eigenvalue weighted by molar-refractivity contribution is 5.95. The molecule has 1 aromatic carbocycles. The summed E-state index contributed by atoms with van der Waals surface area (Å²) >= 11 is 0. The van der Waals surface area contributed by atoms with E-state index in [-0.39, 0.29) is 17.8 Å². The molecule has 3 rings (SSSR count). The third-order valence-electron chi connectivity index (χ3n) is 4.44. The van der Waals surface area contributed by atoms with Crippen molar-refractivity contribution >= 4 is 5.91 Å². The molecule has 0 aliphatic carbocycles. The Morgan fingerprint density at radius 1 is 1.33 bits per heavy atom. The van der Waals surface area contributed by atoms with Gasteiger partial charge >= 0.3 is 0 Å². The van der Waals surface area contributed by atoms with Crippen molar-refractivity contribution in [3.05, 3.63) is 35.1 Å². The zero-order valence-electron chi connectivity index (χ0n) is 12.5. The highest BCUT2D eigenvalue weighted by Gasteiger charge is 2.38. The molecule has 2 aliphatic rings. The molecule has 114 valence electrons. The fraction of sp³-hybridized carbons (Fsp3) is 0.562. The maximum absolute atomic E-state index is 13.2. The van der Waals surface area contributed by atoms with E-state index in [0.717, 1.165) is 19.7 Å². The molecular weight excluding hydrogens is 271 g/mol. The van der Waals surface area contributed by atoms with Crippen LogP contribution >= 0.6 is 0 Å². The summed E-state index contributed by atoms with van der Waals surface area (Å²) in [6.45, 7) is 5.73. The number of fused-ring (bicyclic) bond motifs is 1. The summed E-state index contributed by atoms with van der Waals surface area (Å²) in [5.74, 6) is 0.0367. The number of hydrogen-bond acceptors (Lipinski definition) is 3. The van der Waals surface area contributed by atoms with Crippen LogP contribution in [0.15, 0.2) is 18.2 Å². The van der Waals surface area contributed by atoms with Crippen molar-refractivity contribution in [2.75, 3.05) is 39.8 Å². The van der Waals surface area contributed by atoms with Gasteiger partial charge in [-0.2, -0.15) is 0 Å². The van der Waals surface area contributed by atoms with Crippen LogP contribution in [0, 0.1) is 18.7 Å². The van der Waals surface area contributed by atoms with Crippen molar-refractivity contribution in [1.29, 1.82) is 0 Å². The standard InChI is InChI=1S/C16H21FN2O2/c1-11-7-13(17)3-4-14(11)16(20)19-9-12-8-18(2)5-6-21-15(12)10-19/h3-4,7,12,15H,5-6,8-10H2,1-2H3/t12-,15+/m0/s1. The van der Waals surface area contributed by atoms with Gasteiger partial charge in [-0.15, -0.1) is 0 Å². The summed E-state index contributed by atoms with van der Waals surface area (Å²) in [6.07, 6.45) is 0.125. The Balaban J connectivity index is 1.75. The number of rotatable bonds is 1. The molecule has 0 aromatic heterocycles. The quantitative estimate of drug-likeness (QED) is 0.787. The van der Waals surface area contributed by atoms with Crippen LogP contribution in [0.4, 0.5) is 4.39 Å². The number of benzene rings is 1. The number of likely N-dealkylation sites (N-methyl/N-ethyl adjacent to an activating group) is 1. The van der Waals surface area contributed by atoms with Crippen LogP contribution in [0.1, 0.15) is 15.9 Å². The van der Waals surface area contributed by atoms with Gasteiger partial charge in [0.05, 0.1) is 12.7 Å². The largest absolute Gasteiger partial charge is 0.375 e. The molecule has 4 nitrogen and oxygen atoms in total. The van der Waals surface area contributed by atoms with E-state index in [2.05, 4.69) is 11.9 Å². The first-order chi connectivity index (χ1) is 10.0. The van der Waals surface area contributed by atoms with Crippen LogP contribution in [-0.4, -0.2) is 61.6 Å². The number of nitrogens with zero attached hydrogens (tertiary/aromatic N) is 2. The number of ether oxygens (including phenoxy) is 1. The molecule has 2 aliphatic heterocycles. The van der Waals surface area contributed by atoms with Gasteiger partial charge in [-0.05, 0) is 37.7 Å². The van der Waals surface area contributed by atoms with Crippen LogP contribution in [0.2, 0.25) is 0 Å². The third-order valence-corrected chi connectivity index (χ3v) is 4.44. The SMILES string of the molecule is Cc1cc(F)ccc1C(=O)N1C[C@@H]2CN(C)CCO[C@@H]2C1. The van der Waals surface area contributed by atoms with E-state index in [4.69, 9.17) is 4.74 Å². The Bertz CT molecular complexity index is 549. The van der Waals surface area contributed by atoms with Gasteiger partial charge in [-0.1, -0.05) is 0 Å². The van der Waals surface area contributed by atoms with E-state index in [9.17, 15) is 9.18 Å². The zero-order chi connectivity index (χ0) is 15.0. The third kappa shape index (κ3) is 2.94. The smallest absolute Gasteiger partial charge is 0.254 e. The Hall–Kier alpha value is -1.46. The summed E-state index contributed by atoms with van der Waals surface area (Å²) in [7, 11) is 2.08. The molecular formula is C16H21FN2O2. The lowest BCUT2D eigenvalue weighted by Gasteiger charge is -2.20. The molecule has 0 radical (unpaired) electrons. The number of halogens is 1. The number of carbonyl (C=O) groups excluding carboxylic acids is 1. The second-order valence-electron chi connectivity index (χ2n) is 6.10. The average molecular weight is 292 g/mol. The van der Waals surface area contributed by atoms with Gasteiger partial charge in [-0.25, -0.2) is 4.39 Å². The van der Waals surface area contributed by atoms with Gasteiger partial charge in [-0.3, -0.25) is 4.79 Å². The molecule has 0 bridgehead atoms. The molecule has 1 aromatic rings. The van der Waals surface area contributed by atoms with Gasteiger partial charge in [0, 0.05) is 37.7 Å². The molecule has 5 heteroatoms. The second-order valence-corrected chi connectivity index (χ2v) is 6.10. The Labute approximate surface area is 124 Å². The van der Waals surface area contributed by atoms with Gasteiger partial charge in [0.1, 0.15) is 5.82 Å². The van der Waals surface area contributed by atoms with E-state index in [1.54, 1.807) is 13.0 Å². The fourth-order valence-corrected chi connectivity index (χ4v) is 3.26. The monoisotopic (exact) mass is 292 g/mol. The van der Waals surface area contributed by atoms with E-state index >= 15 is 0 Å². The molecule has 0 N–H and O–H groups in total. The van der Waals surface area contributed by atoms with Crippen molar-refractivity contribution < 1.29 is 13.9 Å². The van der Waals surface area contributed by atoms with Gasteiger partial charge in [0.25, 0.3) is 5.91 Å². The van der Waals surface area contributed by atoms with Crippen molar-refractivity contribution in [1.82, 2.24) is 9.80 Å². The van der Waals surface area contributed by atoms with E-state index in [1.807, 2.05) is 4.90 Å². The topological polar surface area (TPSA) is 32.8 Å². The highest BCUT2D eigenvalue weighted by Crippen LogP contribution is 2.25. The molecule has 0 unspecified atom stereocenters. The lowest BCUT2D eigenvalue weighted by atomic mass is 10.1. The average Bonchev–Trinajstić information content (AvgIpc) is 2.73. The number of likely N-dealkylation sites (tertiary alicyclic amines) is 1. The lowest BCUT2D eigenvalue weighted by Crippen LogP contribution is -2.32. The lowest BCUT2D eigenvalue weighted by molar-refractivity contribution is 0.0487. The molecule has 2 heterocycles. The van der Waals surface area contributed by atoms with E-state index < -0.39 is 0 Å². The van der Waals surface area contributed by atoms with Crippen LogP contribution in [0.25, 0.3) is 0 Å². The molecule has 2 atom stereocenters. The molecule has 2 saturated heterocycles. The molecule has 2 fully saturated rings. The Kier molecular flexibility index (Phi) is 3.95. The number of hydrogen-bond donors (Lipinski definition) is 0. The van der Waals surface area contributed by atoms with Crippen molar-refractivity contribution in [3.63, 3.8) is 0 Å². The number of aryl methyl sites for hydroxylation is 1. The fourth-order valence-electron chi connectivity index (χ4n) is 3.26. The normalized spacial score (nSPS) is 26.5. The van der Waals surface area contributed by atoms with Gasteiger partial charge in [0.15, 0.2) is 0 Å². The second kappa shape index (κ2) is 5.73. The number of amides is 1. The van der Waals surface area contributed by atoms with Crippen LogP contribution in [-0.2, 0) is 4.74 Å². The summed E-state index contributed by atoms with van der Waals surface area (Å²) in [6, 6.07) is 4.33. The maximum atomic E-state index is 13.2. The molecule has 21 heavy (non-hydrogen) atoms. The number of carbonyl (C=O) groups is 1. The first kappa shape index (κ1) is 14.5. The zero-order valence-corrected chi connectivity index (χ0v) is 12.5. The van der Waals surface area contributed by atoms with Gasteiger partial charge < -0.3 is 14.5 Å². The summed E-state index contributed by atoms with van der Waals surface area (Å²) < 4.78 is 19.0. The summed E-state index contributed by atoms with van der Waals surface area (Å²) in [5.41, 5.74) is 1.27. The van der Waals surface area contributed by atoms with Crippen LogP contribution in [0.3, 0.4) is 0 Å². The predicted octanol–water partition coefficient (Wildman–Crippen LogP) is 1.54.